The molecule has 0 bridgehead atoms. The van der Waals surface area contributed by atoms with E-state index in [0.29, 0.717) is 18.6 Å². The summed E-state index contributed by atoms with van der Waals surface area (Å²) in [7, 11) is 0. The number of allylic oxidation sites excluding steroid dienone is 1. The largest absolute Gasteiger partial charge is 0.493 e. The summed E-state index contributed by atoms with van der Waals surface area (Å²) < 4.78 is 5.19. The van der Waals surface area contributed by atoms with E-state index in [1.54, 1.807) is 6.08 Å². The zero-order valence-corrected chi connectivity index (χ0v) is 8.32. The van der Waals surface area contributed by atoms with Gasteiger partial charge < -0.3 is 14.9 Å². The molecule has 0 heterocycles. The highest BCUT2D eigenvalue weighted by atomic mass is 16.5. The first-order chi connectivity index (χ1) is 6.63. The molecule has 0 fully saturated rings. The predicted molar refractivity (Wildman–Crippen MR) is 52.8 cm³/mol. The number of aliphatic hydroxyl groups is 1. The molecule has 0 amide bonds. The van der Waals surface area contributed by atoms with Crippen LogP contribution in [0.1, 0.15) is 19.8 Å². The fourth-order valence-electron chi connectivity index (χ4n) is 0.886. The van der Waals surface area contributed by atoms with E-state index in [9.17, 15) is 4.79 Å². The first-order valence-corrected chi connectivity index (χ1v) is 4.41. The Hall–Kier alpha value is -1.29. The maximum Gasteiger partial charge on any atom is 0.334 e. The van der Waals surface area contributed by atoms with E-state index in [2.05, 4.69) is 6.58 Å². The summed E-state index contributed by atoms with van der Waals surface area (Å²) in [5, 5.41) is 17.3. The molecule has 14 heavy (non-hydrogen) atoms. The lowest BCUT2D eigenvalue weighted by molar-refractivity contribution is -0.132. The highest BCUT2D eigenvalue weighted by molar-refractivity contribution is 5.86. The van der Waals surface area contributed by atoms with Gasteiger partial charge in [-0.15, -0.1) is 0 Å². The molecular weight excluding hydrogens is 184 g/mol. The van der Waals surface area contributed by atoms with Crippen LogP contribution in [0.3, 0.4) is 0 Å². The average molecular weight is 200 g/mol. The van der Waals surface area contributed by atoms with Gasteiger partial charge in [0.05, 0.1) is 5.57 Å². The summed E-state index contributed by atoms with van der Waals surface area (Å²) in [6.07, 6.45) is 2.48. The maximum atomic E-state index is 10.6. The molecule has 0 spiro atoms. The van der Waals surface area contributed by atoms with Crippen molar-refractivity contribution in [3.8, 4) is 0 Å². The third-order valence-corrected chi connectivity index (χ3v) is 1.68. The van der Waals surface area contributed by atoms with E-state index in [0.717, 1.165) is 0 Å². The lowest BCUT2D eigenvalue weighted by Gasteiger charge is -2.09. The van der Waals surface area contributed by atoms with Gasteiger partial charge in [-0.05, 0) is 13.3 Å². The van der Waals surface area contributed by atoms with Gasteiger partial charge in [-0.3, -0.25) is 0 Å². The van der Waals surface area contributed by atoms with E-state index in [-0.39, 0.29) is 18.8 Å². The topological polar surface area (TPSA) is 66.8 Å². The van der Waals surface area contributed by atoms with E-state index in [4.69, 9.17) is 14.9 Å². The number of aliphatic hydroxyl groups excluding tert-OH is 1. The van der Waals surface area contributed by atoms with Crippen LogP contribution in [-0.4, -0.2) is 29.4 Å². The van der Waals surface area contributed by atoms with Crippen LogP contribution in [-0.2, 0) is 9.53 Å². The second-order valence-corrected chi connectivity index (χ2v) is 2.78. The van der Waals surface area contributed by atoms with Gasteiger partial charge in [0.25, 0.3) is 0 Å². The van der Waals surface area contributed by atoms with Crippen LogP contribution >= 0.6 is 0 Å². The highest BCUT2D eigenvalue weighted by Crippen LogP contribution is 2.12. The molecule has 80 valence electrons. The smallest absolute Gasteiger partial charge is 0.334 e. The predicted octanol–water partition coefficient (Wildman–Crippen LogP) is 1.32. The van der Waals surface area contributed by atoms with E-state index in [1.165, 1.54) is 6.92 Å². The fraction of sp³-hybridized carbons (Fsp3) is 0.500. The highest BCUT2D eigenvalue weighted by Gasteiger charge is 2.09. The van der Waals surface area contributed by atoms with Crippen molar-refractivity contribution in [3.63, 3.8) is 0 Å². The van der Waals surface area contributed by atoms with Crippen LogP contribution in [0.2, 0.25) is 0 Å². The van der Waals surface area contributed by atoms with Crippen molar-refractivity contribution >= 4 is 5.97 Å². The van der Waals surface area contributed by atoms with Crippen LogP contribution < -0.4 is 0 Å². The summed E-state index contributed by atoms with van der Waals surface area (Å²) in [4.78, 5) is 10.6. The first kappa shape index (κ1) is 12.7. The average Bonchev–Trinajstić information content (AvgIpc) is 2.17. The molecule has 0 aromatic rings. The summed E-state index contributed by atoms with van der Waals surface area (Å²) >= 11 is 0. The van der Waals surface area contributed by atoms with Gasteiger partial charge in [-0.2, -0.15) is 0 Å². The van der Waals surface area contributed by atoms with Crippen molar-refractivity contribution in [1.29, 1.82) is 0 Å². The molecule has 0 atom stereocenters. The normalized spacial score (nSPS) is 11.9. The van der Waals surface area contributed by atoms with Gasteiger partial charge in [0, 0.05) is 13.0 Å². The van der Waals surface area contributed by atoms with Gasteiger partial charge in [0.15, 0.2) is 0 Å². The van der Waals surface area contributed by atoms with Crippen LogP contribution in [0.5, 0.6) is 0 Å². The number of aliphatic carboxylic acids is 1. The van der Waals surface area contributed by atoms with Gasteiger partial charge in [-0.25, -0.2) is 4.79 Å². The summed E-state index contributed by atoms with van der Waals surface area (Å²) in [5.41, 5.74) is 0.181. The van der Waals surface area contributed by atoms with Crippen LogP contribution in [0.4, 0.5) is 0 Å². The van der Waals surface area contributed by atoms with Crippen LogP contribution in [0, 0.1) is 0 Å². The number of carbonyl (C=O) groups is 1. The SMILES string of the molecule is C=CCOC(CCCO)=C(C)C(=O)O. The molecule has 0 aliphatic rings. The van der Waals surface area contributed by atoms with Crippen molar-refractivity contribution in [2.45, 2.75) is 19.8 Å². The molecule has 0 saturated carbocycles. The van der Waals surface area contributed by atoms with Crippen LogP contribution in [0.25, 0.3) is 0 Å². The quantitative estimate of drug-likeness (QED) is 0.369. The summed E-state index contributed by atoms with van der Waals surface area (Å²) in [6, 6.07) is 0. The molecule has 0 saturated heterocycles. The van der Waals surface area contributed by atoms with Gasteiger partial charge in [-0.1, -0.05) is 12.7 Å². The molecule has 0 aliphatic heterocycles. The zero-order valence-electron chi connectivity index (χ0n) is 8.32. The summed E-state index contributed by atoms with van der Waals surface area (Å²) in [6.45, 7) is 5.26. The molecule has 0 unspecified atom stereocenters. The minimum Gasteiger partial charge on any atom is -0.493 e. The van der Waals surface area contributed by atoms with Crippen molar-refractivity contribution in [3.05, 3.63) is 24.0 Å². The fourth-order valence-corrected chi connectivity index (χ4v) is 0.886. The lowest BCUT2D eigenvalue weighted by atomic mass is 10.2. The van der Waals surface area contributed by atoms with E-state index in [1.807, 2.05) is 0 Å². The number of ether oxygens (including phenoxy) is 1. The molecular formula is C10H16O4. The van der Waals surface area contributed by atoms with Gasteiger partial charge >= 0.3 is 5.97 Å². The first-order valence-electron chi connectivity index (χ1n) is 4.41. The Morgan fingerprint density at radius 3 is 2.64 bits per heavy atom. The Morgan fingerprint density at radius 2 is 2.21 bits per heavy atom. The Bertz CT molecular complexity index is 230. The summed E-state index contributed by atoms with van der Waals surface area (Å²) in [5.74, 6) is -0.589. The number of carboxylic acid groups (broad SMARTS) is 1. The zero-order chi connectivity index (χ0) is 11.0. The third-order valence-electron chi connectivity index (χ3n) is 1.68. The van der Waals surface area contributed by atoms with Crippen LogP contribution in [0.15, 0.2) is 24.0 Å². The maximum absolute atomic E-state index is 10.6. The van der Waals surface area contributed by atoms with Gasteiger partial charge in [0.1, 0.15) is 12.4 Å². The molecule has 2 N–H and O–H groups in total. The Kier molecular flexibility index (Phi) is 6.49. The Labute approximate surface area is 83.5 Å². The monoisotopic (exact) mass is 200 g/mol. The van der Waals surface area contributed by atoms with Crippen molar-refractivity contribution < 1.29 is 19.7 Å². The van der Waals surface area contributed by atoms with E-state index < -0.39 is 5.97 Å². The molecule has 0 aromatic carbocycles. The Balaban J connectivity index is 4.42. The van der Waals surface area contributed by atoms with Crippen molar-refractivity contribution in [2.24, 2.45) is 0 Å². The van der Waals surface area contributed by atoms with Crippen molar-refractivity contribution in [1.82, 2.24) is 0 Å². The van der Waals surface area contributed by atoms with Crippen molar-refractivity contribution in [2.75, 3.05) is 13.2 Å². The number of carboxylic acids is 1. The lowest BCUT2D eigenvalue weighted by Crippen LogP contribution is -2.05. The minimum absolute atomic E-state index is 0.0217. The second-order valence-electron chi connectivity index (χ2n) is 2.78. The molecule has 4 nitrogen and oxygen atoms in total. The second kappa shape index (κ2) is 7.15. The molecule has 0 aliphatic carbocycles. The Morgan fingerprint density at radius 1 is 1.57 bits per heavy atom. The van der Waals surface area contributed by atoms with Gasteiger partial charge in [0.2, 0.25) is 0 Å². The number of hydrogen-bond acceptors (Lipinski definition) is 3. The number of hydrogen-bond donors (Lipinski definition) is 2. The third kappa shape index (κ3) is 4.67. The molecule has 0 radical (unpaired) electrons. The van der Waals surface area contributed by atoms with E-state index >= 15 is 0 Å². The number of rotatable bonds is 7. The molecule has 4 heteroatoms. The minimum atomic E-state index is -0.998. The standard InChI is InChI=1S/C10H16O4/c1-3-7-14-9(5-4-6-11)8(2)10(12)13/h3,11H,1,4-7H2,2H3,(H,12,13). The molecule has 0 aromatic heterocycles. The molecule has 0 rings (SSSR count).